The van der Waals surface area contributed by atoms with Crippen LogP contribution in [0.2, 0.25) is 0 Å². The summed E-state index contributed by atoms with van der Waals surface area (Å²) in [5.41, 5.74) is 2.81. The molecule has 0 aromatic heterocycles. The summed E-state index contributed by atoms with van der Waals surface area (Å²) in [7, 11) is 0. The van der Waals surface area contributed by atoms with E-state index in [2.05, 4.69) is 5.32 Å². The zero-order valence-electron chi connectivity index (χ0n) is 14.2. The number of halogens is 1. The van der Waals surface area contributed by atoms with Gasteiger partial charge in [-0.2, -0.15) is 0 Å². The fraction of sp³-hybridized carbons (Fsp3) is 0.300. The largest absolute Gasteiger partial charge is 0.371 e. The minimum atomic E-state index is -0.274. The minimum Gasteiger partial charge on any atom is -0.371 e. The Morgan fingerprint density at radius 3 is 2.80 bits per heavy atom. The lowest BCUT2D eigenvalue weighted by molar-refractivity contribution is -0.113. The molecule has 0 saturated carbocycles. The van der Waals surface area contributed by atoms with Gasteiger partial charge in [0.1, 0.15) is 5.82 Å². The van der Waals surface area contributed by atoms with Crippen molar-refractivity contribution in [2.24, 2.45) is 0 Å². The van der Waals surface area contributed by atoms with Gasteiger partial charge in [-0.3, -0.25) is 4.79 Å². The first-order valence-electron chi connectivity index (χ1n) is 8.50. The Balaban J connectivity index is 1.66. The third kappa shape index (κ3) is 4.04. The van der Waals surface area contributed by atoms with Crippen LogP contribution in [0.1, 0.15) is 24.5 Å². The Hall–Kier alpha value is -2.27. The predicted molar refractivity (Wildman–Crippen MR) is 102 cm³/mol. The highest BCUT2D eigenvalue weighted by Gasteiger charge is 2.30. The van der Waals surface area contributed by atoms with E-state index in [0.717, 1.165) is 30.5 Å². The zero-order valence-corrected chi connectivity index (χ0v) is 15.0. The van der Waals surface area contributed by atoms with Crippen molar-refractivity contribution < 1.29 is 9.18 Å². The van der Waals surface area contributed by atoms with E-state index >= 15 is 0 Å². The predicted octanol–water partition coefficient (Wildman–Crippen LogP) is 3.65. The number of carbonyl (C=O) groups excluding carboxylic acids is 1. The molecule has 1 N–H and O–H groups in total. The number of fused-ring (bicyclic) bond motifs is 1. The number of thiocarbonyl (C=S) groups is 1. The molecule has 0 saturated heterocycles. The number of rotatable bonds is 3. The smallest absolute Gasteiger partial charge is 0.285 e. The van der Waals surface area contributed by atoms with Gasteiger partial charge in [0.2, 0.25) is 0 Å². The maximum absolute atomic E-state index is 13.5. The summed E-state index contributed by atoms with van der Waals surface area (Å²) < 4.78 is 13.5. The van der Waals surface area contributed by atoms with E-state index in [1.807, 2.05) is 37.3 Å². The molecule has 0 spiro atoms. The summed E-state index contributed by atoms with van der Waals surface area (Å²) in [4.78, 5) is 14.7. The Morgan fingerprint density at radius 1 is 1.28 bits per heavy atom. The van der Waals surface area contributed by atoms with Crippen molar-refractivity contribution >= 4 is 28.8 Å². The van der Waals surface area contributed by atoms with E-state index in [4.69, 9.17) is 12.2 Å². The molecule has 130 valence electrons. The maximum atomic E-state index is 13.5. The van der Waals surface area contributed by atoms with Crippen LogP contribution in [0.15, 0.2) is 48.5 Å². The zero-order chi connectivity index (χ0) is 17.8. The molecule has 1 aliphatic rings. The Kier molecular flexibility index (Phi) is 5.43. The molecule has 2 aromatic rings. The molecule has 1 unspecified atom stereocenters. The van der Waals surface area contributed by atoms with Crippen LogP contribution in [0.3, 0.4) is 0 Å². The van der Waals surface area contributed by atoms with Crippen LogP contribution in [-0.2, 0) is 17.6 Å². The van der Waals surface area contributed by atoms with Gasteiger partial charge in [-0.1, -0.05) is 42.5 Å². The third-order valence-corrected chi connectivity index (χ3v) is 4.85. The molecule has 3 rings (SSSR count). The number of hydrogen-bond donors (Lipinski definition) is 1. The summed E-state index contributed by atoms with van der Waals surface area (Å²) in [6.45, 7) is 2.60. The van der Waals surface area contributed by atoms with Crippen LogP contribution in [0.4, 0.5) is 10.1 Å². The number of amides is 1. The first-order chi connectivity index (χ1) is 12.1. The molecule has 3 nitrogen and oxygen atoms in total. The Bertz CT molecular complexity index is 779. The highest BCUT2D eigenvalue weighted by molar-refractivity contribution is 7.82. The number of nitrogens with zero attached hydrogens (tertiary/aromatic N) is 1. The van der Waals surface area contributed by atoms with Gasteiger partial charge in [0.05, 0.1) is 0 Å². The van der Waals surface area contributed by atoms with Crippen LogP contribution >= 0.6 is 12.2 Å². The molecule has 25 heavy (non-hydrogen) atoms. The fourth-order valence-electron chi connectivity index (χ4n) is 3.18. The topological polar surface area (TPSA) is 32.3 Å². The third-order valence-electron chi connectivity index (χ3n) is 4.53. The molecule has 0 bridgehead atoms. The van der Waals surface area contributed by atoms with Gasteiger partial charge in [-0.25, -0.2) is 4.39 Å². The van der Waals surface area contributed by atoms with Gasteiger partial charge < -0.3 is 10.2 Å². The molecule has 0 fully saturated rings. The van der Waals surface area contributed by atoms with Gasteiger partial charge in [0.15, 0.2) is 4.99 Å². The Labute approximate surface area is 152 Å². The summed E-state index contributed by atoms with van der Waals surface area (Å²) in [5.74, 6) is -0.493. The Morgan fingerprint density at radius 2 is 2.04 bits per heavy atom. The molecule has 1 atom stereocenters. The highest BCUT2D eigenvalue weighted by Crippen LogP contribution is 2.31. The van der Waals surface area contributed by atoms with Crippen molar-refractivity contribution in [2.45, 2.75) is 32.2 Å². The molecule has 5 heteroatoms. The second-order valence-corrected chi connectivity index (χ2v) is 6.74. The van der Waals surface area contributed by atoms with E-state index in [9.17, 15) is 9.18 Å². The molecular weight excluding hydrogens is 335 g/mol. The molecule has 1 heterocycles. The van der Waals surface area contributed by atoms with Crippen LogP contribution in [0, 0.1) is 5.82 Å². The van der Waals surface area contributed by atoms with Gasteiger partial charge in [-0.05, 0) is 55.5 Å². The van der Waals surface area contributed by atoms with Crippen LogP contribution in [0.5, 0.6) is 0 Å². The summed E-state index contributed by atoms with van der Waals surface area (Å²) >= 11 is 5.30. The van der Waals surface area contributed by atoms with Crippen LogP contribution in [-0.4, -0.2) is 23.5 Å². The number of anilines is 1. The SMILES string of the molecule is CC1CCc2cc(F)ccc2N1C(=O)C(=S)NCCc1ccccc1. The number of hydrogen-bond acceptors (Lipinski definition) is 2. The van der Waals surface area contributed by atoms with Crippen molar-refractivity contribution in [3.8, 4) is 0 Å². The van der Waals surface area contributed by atoms with Crippen molar-refractivity contribution in [2.75, 3.05) is 11.4 Å². The normalized spacial score (nSPS) is 16.2. The molecule has 1 amide bonds. The molecule has 0 radical (unpaired) electrons. The minimum absolute atomic E-state index is 0.0411. The lowest BCUT2D eigenvalue weighted by Crippen LogP contribution is -2.48. The number of benzene rings is 2. The maximum Gasteiger partial charge on any atom is 0.285 e. The van der Waals surface area contributed by atoms with Crippen LogP contribution in [0.25, 0.3) is 0 Å². The molecule has 1 aliphatic heterocycles. The number of aryl methyl sites for hydroxylation is 1. The van der Waals surface area contributed by atoms with Crippen LogP contribution < -0.4 is 10.2 Å². The monoisotopic (exact) mass is 356 g/mol. The standard InChI is InChI=1S/C20H21FN2OS/c1-14-7-8-16-13-17(21)9-10-18(16)23(14)20(24)19(25)22-12-11-15-5-3-2-4-6-15/h2-6,9-10,13-14H,7-8,11-12H2,1H3,(H,22,25). The summed E-state index contributed by atoms with van der Waals surface area (Å²) in [6.07, 6.45) is 2.37. The number of carbonyl (C=O) groups is 1. The molecular formula is C20H21FN2OS. The van der Waals surface area contributed by atoms with E-state index < -0.39 is 0 Å². The lowest BCUT2D eigenvalue weighted by atomic mass is 9.96. The summed E-state index contributed by atoms with van der Waals surface area (Å²) in [6, 6.07) is 14.7. The average molecular weight is 356 g/mol. The van der Waals surface area contributed by atoms with Crippen molar-refractivity contribution in [3.63, 3.8) is 0 Å². The van der Waals surface area contributed by atoms with E-state index in [0.29, 0.717) is 6.54 Å². The number of nitrogens with one attached hydrogen (secondary N) is 1. The van der Waals surface area contributed by atoms with E-state index in [1.165, 1.54) is 17.7 Å². The molecule has 2 aromatic carbocycles. The van der Waals surface area contributed by atoms with E-state index in [-0.39, 0.29) is 22.8 Å². The average Bonchev–Trinajstić information content (AvgIpc) is 2.62. The summed E-state index contributed by atoms with van der Waals surface area (Å²) in [5, 5.41) is 3.06. The van der Waals surface area contributed by atoms with E-state index in [1.54, 1.807) is 11.0 Å². The van der Waals surface area contributed by atoms with Gasteiger partial charge in [-0.15, -0.1) is 0 Å². The van der Waals surface area contributed by atoms with Gasteiger partial charge in [0.25, 0.3) is 5.91 Å². The molecule has 0 aliphatic carbocycles. The highest BCUT2D eigenvalue weighted by atomic mass is 32.1. The van der Waals surface area contributed by atoms with Crippen molar-refractivity contribution in [1.82, 2.24) is 5.32 Å². The first kappa shape index (κ1) is 17.5. The van der Waals surface area contributed by atoms with Gasteiger partial charge >= 0.3 is 0 Å². The first-order valence-corrected chi connectivity index (χ1v) is 8.91. The van der Waals surface area contributed by atoms with Gasteiger partial charge in [0, 0.05) is 18.3 Å². The van der Waals surface area contributed by atoms with Crippen molar-refractivity contribution in [3.05, 3.63) is 65.5 Å². The lowest BCUT2D eigenvalue weighted by Gasteiger charge is -2.35. The quantitative estimate of drug-likeness (QED) is 0.852. The second kappa shape index (κ2) is 7.74. The fourth-order valence-corrected chi connectivity index (χ4v) is 3.38. The van der Waals surface area contributed by atoms with Crippen molar-refractivity contribution in [1.29, 1.82) is 0 Å². The second-order valence-electron chi connectivity index (χ2n) is 6.33.